The Morgan fingerprint density at radius 1 is 1.14 bits per heavy atom. The van der Waals surface area contributed by atoms with Crippen molar-refractivity contribution in [1.82, 2.24) is 0 Å². The van der Waals surface area contributed by atoms with Gasteiger partial charge in [-0.2, -0.15) is 0 Å². The van der Waals surface area contributed by atoms with E-state index in [0.717, 1.165) is 0 Å². The third kappa shape index (κ3) is 7.44. The summed E-state index contributed by atoms with van der Waals surface area (Å²) in [5.74, 6) is 0. The van der Waals surface area contributed by atoms with Crippen LogP contribution in [-0.4, -0.2) is 10.5 Å². The predicted molar refractivity (Wildman–Crippen MR) is 38.3 cm³/mol. The summed E-state index contributed by atoms with van der Waals surface area (Å²) >= 11 is 5.10. The molecule has 0 heterocycles. The summed E-state index contributed by atoms with van der Waals surface area (Å²) in [6, 6.07) is 0. The van der Waals surface area contributed by atoms with Crippen LogP contribution in [0.5, 0.6) is 0 Å². The summed E-state index contributed by atoms with van der Waals surface area (Å²) < 4.78 is 0. The average molecular weight is 240 g/mol. The van der Waals surface area contributed by atoms with Gasteiger partial charge >= 0.3 is 62.6 Å². The number of rotatable bonds is 1. The molecule has 0 saturated carbocycles. The van der Waals surface area contributed by atoms with Crippen molar-refractivity contribution >= 4 is 52.1 Å². The molecule has 0 spiro atoms. The summed E-state index contributed by atoms with van der Waals surface area (Å²) in [7, 11) is 13.2. The molecule has 0 aliphatic rings. The zero-order valence-electron chi connectivity index (χ0n) is 3.17. The van der Waals surface area contributed by atoms with E-state index in [1.165, 1.54) is 10.4 Å². The van der Waals surface area contributed by atoms with Crippen molar-refractivity contribution in [3.8, 4) is 0 Å². The van der Waals surface area contributed by atoms with Gasteiger partial charge in [0.05, 0.1) is 0 Å². The Kier molecular flexibility index (Phi) is 4.18. The summed E-state index contributed by atoms with van der Waals surface area (Å²) in [5.41, 5.74) is 1.24. The molecule has 0 unspecified atom stereocenters. The standard InChI is InChI=1S/C2H2Cl4Ge/c3-1-2-7(4,5)6/h1-2H. The van der Waals surface area contributed by atoms with Crippen molar-refractivity contribution in [3.05, 3.63) is 10.4 Å². The van der Waals surface area contributed by atoms with Gasteiger partial charge in [0, 0.05) is 0 Å². The fraction of sp³-hybridized carbons (Fsp3) is 0. The summed E-state index contributed by atoms with van der Waals surface area (Å²) in [5, 5.41) is 0. The fourth-order valence-corrected chi connectivity index (χ4v) is 3.34. The first-order valence-corrected chi connectivity index (χ1v) is 11.3. The van der Waals surface area contributed by atoms with Gasteiger partial charge in [0.25, 0.3) is 0 Å². The molecule has 0 amide bonds. The van der Waals surface area contributed by atoms with E-state index in [9.17, 15) is 0 Å². The Bertz CT molecular complexity index is 72.2. The third-order valence-corrected chi connectivity index (χ3v) is 3.93. The zero-order valence-corrected chi connectivity index (χ0v) is 8.29. The molecule has 0 nitrogen and oxygen atoms in total. The van der Waals surface area contributed by atoms with Crippen molar-refractivity contribution in [1.29, 1.82) is 0 Å². The van der Waals surface area contributed by atoms with Crippen LogP contribution in [0.25, 0.3) is 0 Å². The maximum absolute atomic E-state index is 5.38. The normalized spacial score (nSPS) is 13.1. The molecule has 0 bridgehead atoms. The summed E-state index contributed by atoms with van der Waals surface area (Å²) in [4.78, 5) is 1.44. The molecule has 0 atom stereocenters. The zero-order chi connectivity index (χ0) is 5.91. The Morgan fingerprint density at radius 2 is 1.57 bits per heavy atom. The quantitative estimate of drug-likeness (QED) is 0.618. The SMILES string of the molecule is ClC=[CH][Ge]([Cl])([Cl])[Cl]. The second-order valence-corrected chi connectivity index (χ2v) is 16.4. The Morgan fingerprint density at radius 3 is 1.57 bits per heavy atom. The van der Waals surface area contributed by atoms with E-state index in [1.807, 2.05) is 0 Å². The van der Waals surface area contributed by atoms with E-state index < -0.39 is 10.5 Å². The molecule has 0 aromatic heterocycles. The van der Waals surface area contributed by atoms with Gasteiger partial charge in [-0.05, 0) is 0 Å². The van der Waals surface area contributed by atoms with Gasteiger partial charge < -0.3 is 0 Å². The second-order valence-electron chi connectivity index (χ2n) is 0.834. The van der Waals surface area contributed by atoms with E-state index in [2.05, 4.69) is 0 Å². The van der Waals surface area contributed by atoms with Crippen molar-refractivity contribution in [3.63, 3.8) is 0 Å². The van der Waals surface area contributed by atoms with Gasteiger partial charge in [-0.15, -0.1) is 0 Å². The van der Waals surface area contributed by atoms with Gasteiger partial charge in [0.15, 0.2) is 0 Å². The van der Waals surface area contributed by atoms with Crippen LogP contribution in [0.2, 0.25) is 0 Å². The van der Waals surface area contributed by atoms with Crippen molar-refractivity contribution in [2.24, 2.45) is 0 Å². The van der Waals surface area contributed by atoms with Gasteiger partial charge in [-0.1, -0.05) is 0 Å². The van der Waals surface area contributed by atoms with E-state index >= 15 is 0 Å². The van der Waals surface area contributed by atoms with Crippen LogP contribution in [0.1, 0.15) is 0 Å². The Labute approximate surface area is 62.3 Å². The van der Waals surface area contributed by atoms with Crippen molar-refractivity contribution in [2.75, 3.05) is 0 Å². The van der Waals surface area contributed by atoms with Crippen LogP contribution in [-0.2, 0) is 0 Å². The molecular weight excluding hydrogens is 238 g/mol. The fourth-order valence-electron chi connectivity index (χ4n) is 0.0714. The number of hydrogen-bond acceptors (Lipinski definition) is 0. The first-order chi connectivity index (χ1) is 3.06. The van der Waals surface area contributed by atoms with Crippen LogP contribution in [0, 0.1) is 0 Å². The van der Waals surface area contributed by atoms with Gasteiger partial charge in [-0.25, -0.2) is 0 Å². The van der Waals surface area contributed by atoms with E-state index in [1.54, 1.807) is 0 Å². The first kappa shape index (κ1) is 8.44. The van der Waals surface area contributed by atoms with E-state index in [4.69, 9.17) is 41.6 Å². The van der Waals surface area contributed by atoms with E-state index in [0.29, 0.717) is 0 Å². The molecule has 0 rings (SSSR count). The number of hydrogen-bond donors (Lipinski definition) is 0. The molecule has 5 heteroatoms. The van der Waals surface area contributed by atoms with E-state index in [-0.39, 0.29) is 0 Å². The Hall–Kier alpha value is 1.44. The molecule has 0 aromatic carbocycles. The molecule has 0 saturated heterocycles. The van der Waals surface area contributed by atoms with Crippen molar-refractivity contribution < 1.29 is 0 Å². The van der Waals surface area contributed by atoms with Crippen LogP contribution in [0.3, 0.4) is 0 Å². The molecule has 7 heavy (non-hydrogen) atoms. The Balaban J connectivity index is 3.56. The topological polar surface area (TPSA) is 0 Å². The molecule has 0 N–H and O–H groups in total. The first-order valence-electron chi connectivity index (χ1n) is 1.41. The summed E-state index contributed by atoms with van der Waals surface area (Å²) in [6.07, 6.45) is 0. The molecule has 0 fully saturated rings. The van der Waals surface area contributed by atoms with Gasteiger partial charge in [0.1, 0.15) is 0 Å². The maximum atomic E-state index is 5.38. The average Bonchev–Trinajstić information content (AvgIpc) is 1.30. The molecule has 0 aliphatic heterocycles. The molecule has 0 aromatic rings. The second kappa shape index (κ2) is 3.46. The molecular formula is C2H2Cl4Ge. The number of halogens is 4. The van der Waals surface area contributed by atoms with Crippen LogP contribution in [0.4, 0.5) is 0 Å². The minimum atomic E-state index is -2.98. The monoisotopic (exact) mass is 240 g/mol. The van der Waals surface area contributed by atoms with Gasteiger partial charge in [-0.3, -0.25) is 0 Å². The molecule has 0 aliphatic carbocycles. The van der Waals surface area contributed by atoms with Crippen molar-refractivity contribution in [2.45, 2.75) is 0 Å². The summed E-state index contributed by atoms with van der Waals surface area (Å²) in [6.45, 7) is 0. The molecule has 42 valence electrons. The predicted octanol–water partition coefficient (Wildman–Crippen LogP) is 2.93. The van der Waals surface area contributed by atoms with Crippen LogP contribution < -0.4 is 0 Å². The minimum absolute atomic E-state index is 1.24. The van der Waals surface area contributed by atoms with Crippen LogP contribution in [0.15, 0.2) is 10.4 Å². The molecule has 0 radical (unpaired) electrons. The van der Waals surface area contributed by atoms with Gasteiger partial charge in [0.2, 0.25) is 0 Å². The third-order valence-electron chi connectivity index (χ3n) is 0.252. The van der Waals surface area contributed by atoms with Crippen LogP contribution >= 0.6 is 41.6 Å².